The molecule has 0 unspecified atom stereocenters. The standard InChI is InChI=1S/C33H37N3O5S/c1-33(2,3)41-32(38)36-22-9-10-23(36)18-26(17-22)40-25-13-11-24(12-14-25)39-20-21-7-5-6-8-27(21)34-31(37)29-19-30-28(35(29)4)15-16-42-30/h5-8,11-16,19,22-23,26H,9-10,17-18,20H2,1-4H3,(H,34,37)/t22-,23+,26-. The highest BCUT2D eigenvalue weighted by atomic mass is 32.1. The molecule has 2 aromatic heterocycles. The van der Waals surface area contributed by atoms with Crippen molar-refractivity contribution in [1.82, 2.24) is 9.47 Å². The van der Waals surface area contributed by atoms with Crippen LogP contribution in [0.1, 0.15) is 62.5 Å². The Bertz CT molecular complexity index is 1570. The number of hydrogen-bond acceptors (Lipinski definition) is 6. The second-order valence-corrected chi connectivity index (χ2v) is 13.1. The van der Waals surface area contributed by atoms with Gasteiger partial charge in [-0.2, -0.15) is 0 Å². The molecule has 6 rings (SSSR count). The molecule has 1 N–H and O–H groups in total. The summed E-state index contributed by atoms with van der Waals surface area (Å²) in [5.74, 6) is 1.35. The number of carbonyl (C=O) groups excluding carboxylic acids is 2. The molecule has 220 valence electrons. The van der Waals surface area contributed by atoms with Gasteiger partial charge in [0, 0.05) is 43.2 Å². The van der Waals surface area contributed by atoms with Crippen LogP contribution in [0.4, 0.5) is 10.5 Å². The zero-order chi connectivity index (χ0) is 29.4. The average Bonchev–Trinajstić information content (AvgIpc) is 3.61. The maximum Gasteiger partial charge on any atom is 0.410 e. The van der Waals surface area contributed by atoms with Crippen LogP contribution < -0.4 is 14.8 Å². The molecule has 2 aromatic carbocycles. The number of piperidine rings is 1. The van der Waals surface area contributed by atoms with Crippen molar-refractivity contribution in [3.8, 4) is 11.5 Å². The number of rotatable bonds is 7. The highest BCUT2D eigenvalue weighted by Crippen LogP contribution is 2.38. The molecule has 9 heteroatoms. The zero-order valence-corrected chi connectivity index (χ0v) is 25.3. The number of hydrogen-bond donors (Lipinski definition) is 1. The van der Waals surface area contributed by atoms with Crippen LogP contribution in [0, 0.1) is 0 Å². The van der Waals surface area contributed by atoms with Gasteiger partial charge in [-0.25, -0.2) is 4.79 Å². The molecule has 2 saturated heterocycles. The third kappa shape index (κ3) is 5.97. The first kappa shape index (κ1) is 28.2. The van der Waals surface area contributed by atoms with Crippen LogP contribution in [0.15, 0.2) is 66.0 Å². The zero-order valence-electron chi connectivity index (χ0n) is 24.5. The van der Waals surface area contributed by atoms with Crippen molar-refractivity contribution in [2.75, 3.05) is 5.32 Å². The molecule has 0 saturated carbocycles. The number of carbonyl (C=O) groups is 2. The molecule has 2 fully saturated rings. The summed E-state index contributed by atoms with van der Waals surface area (Å²) in [6, 6.07) is 19.6. The van der Waals surface area contributed by atoms with Gasteiger partial charge in [0.05, 0.1) is 10.2 Å². The lowest BCUT2D eigenvalue weighted by atomic mass is 10.00. The number of fused-ring (bicyclic) bond motifs is 3. The SMILES string of the molecule is Cn1c(C(=O)Nc2ccccc2COc2ccc(O[C@@H]3C[C@H]4CC[C@@H](C3)N4C(=O)OC(C)(C)C)cc2)cc2sccc21. The van der Waals surface area contributed by atoms with Crippen LogP contribution in [0.25, 0.3) is 10.2 Å². The molecule has 42 heavy (non-hydrogen) atoms. The molecule has 0 aliphatic carbocycles. The Morgan fingerprint density at radius 2 is 1.67 bits per heavy atom. The molecular formula is C33H37N3O5S. The average molecular weight is 588 g/mol. The van der Waals surface area contributed by atoms with Crippen molar-refractivity contribution in [2.45, 2.75) is 76.9 Å². The number of amides is 2. The quantitative estimate of drug-likeness (QED) is 0.244. The summed E-state index contributed by atoms with van der Waals surface area (Å²) in [7, 11) is 1.91. The van der Waals surface area contributed by atoms with E-state index in [1.165, 1.54) is 0 Å². The van der Waals surface area contributed by atoms with E-state index in [-0.39, 0.29) is 30.2 Å². The van der Waals surface area contributed by atoms with Gasteiger partial charge >= 0.3 is 6.09 Å². The van der Waals surface area contributed by atoms with E-state index in [1.807, 2.05) is 103 Å². The fraction of sp³-hybridized carbons (Fsp3) is 0.394. The van der Waals surface area contributed by atoms with Gasteiger partial charge in [0.15, 0.2) is 0 Å². The molecule has 4 aromatic rings. The van der Waals surface area contributed by atoms with E-state index < -0.39 is 5.60 Å². The number of ether oxygens (including phenoxy) is 3. The molecule has 2 aliphatic rings. The number of aryl methyl sites for hydroxylation is 1. The number of benzene rings is 2. The molecule has 2 bridgehead atoms. The summed E-state index contributed by atoms with van der Waals surface area (Å²) >= 11 is 1.62. The van der Waals surface area contributed by atoms with Crippen LogP contribution in [-0.4, -0.2) is 45.3 Å². The number of para-hydroxylation sites is 1. The number of nitrogens with one attached hydrogen (secondary N) is 1. The normalized spacial score (nSPS) is 20.0. The van der Waals surface area contributed by atoms with Crippen LogP contribution in [0.3, 0.4) is 0 Å². The smallest absolute Gasteiger partial charge is 0.410 e. The Morgan fingerprint density at radius 3 is 2.36 bits per heavy atom. The lowest BCUT2D eigenvalue weighted by Crippen LogP contribution is -2.50. The van der Waals surface area contributed by atoms with Gasteiger partial charge in [-0.05, 0) is 81.5 Å². The Kier molecular flexibility index (Phi) is 7.62. The van der Waals surface area contributed by atoms with Crippen LogP contribution in [0.5, 0.6) is 11.5 Å². The highest BCUT2D eigenvalue weighted by Gasteiger charge is 2.45. The van der Waals surface area contributed by atoms with Crippen LogP contribution in [0.2, 0.25) is 0 Å². The van der Waals surface area contributed by atoms with Crippen molar-refractivity contribution in [3.05, 3.63) is 77.3 Å². The Labute approximate surface area is 250 Å². The Morgan fingerprint density at radius 1 is 0.976 bits per heavy atom. The van der Waals surface area contributed by atoms with E-state index in [1.54, 1.807) is 11.3 Å². The maximum absolute atomic E-state index is 13.1. The third-order valence-electron chi connectivity index (χ3n) is 7.98. The van der Waals surface area contributed by atoms with Gasteiger partial charge < -0.3 is 29.0 Å². The fourth-order valence-electron chi connectivity index (χ4n) is 6.03. The van der Waals surface area contributed by atoms with Crippen molar-refractivity contribution in [3.63, 3.8) is 0 Å². The van der Waals surface area contributed by atoms with E-state index in [9.17, 15) is 9.59 Å². The molecule has 4 heterocycles. The lowest BCUT2D eigenvalue weighted by Gasteiger charge is -2.39. The summed E-state index contributed by atoms with van der Waals surface area (Å²) in [6.45, 7) is 6.02. The van der Waals surface area contributed by atoms with Gasteiger partial charge in [-0.15, -0.1) is 11.3 Å². The predicted molar refractivity (Wildman–Crippen MR) is 164 cm³/mol. The van der Waals surface area contributed by atoms with Crippen molar-refractivity contribution in [2.24, 2.45) is 7.05 Å². The van der Waals surface area contributed by atoms with Gasteiger partial charge in [0.25, 0.3) is 5.91 Å². The Balaban J connectivity index is 1.03. The van der Waals surface area contributed by atoms with Crippen LogP contribution >= 0.6 is 11.3 Å². The number of thiophene rings is 1. The van der Waals surface area contributed by atoms with Gasteiger partial charge in [-0.3, -0.25) is 4.79 Å². The van der Waals surface area contributed by atoms with Crippen molar-refractivity contribution < 1.29 is 23.8 Å². The molecule has 0 spiro atoms. The van der Waals surface area contributed by atoms with Crippen molar-refractivity contribution in [1.29, 1.82) is 0 Å². The molecule has 8 nitrogen and oxygen atoms in total. The molecule has 2 amide bonds. The first-order valence-corrected chi connectivity index (χ1v) is 15.4. The molecule has 0 radical (unpaired) electrons. The summed E-state index contributed by atoms with van der Waals surface area (Å²) < 4.78 is 21.1. The van der Waals surface area contributed by atoms with Gasteiger partial charge in [0.2, 0.25) is 0 Å². The van der Waals surface area contributed by atoms with E-state index >= 15 is 0 Å². The van der Waals surface area contributed by atoms with Crippen molar-refractivity contribution >= 4 is 39.2 Å². The number of anilines is 1. The first-order valence-electron chi connectivity index (χ1n) is 14.5. The minimum Gasteiger partial charge on any atom is -0.490 e. The second-order valence-electron chi connectivity index (χ2n) is 12.1. The summed E-state index contributed by atoms with van der Waals surface area (Å²) in [5, 5.41) is 5.08. The monoisotopic (exact) mass is 587 g/mol. The van der Waals surface area contributed by atoms with Gasteiger partial charge in [-0.1, -0.05) is 18.2 Å². The predicted octanol–water partition coefficient (Wildman–Crippen LogP) is 7.38. The first-order chi connectivity index (χ1) is 20.1. The van der Waals surface area contributed by atoms with Crippen LogP contribution in [-0.2, 0) is 18.4 Å². The lowest BCUT2D eigenvalue weighted by molar-refractivity contribution is -0.00709. The number of aromatic nitrogens is 1. The highest BCUT2D eigenvalue weighted by molar-refractivity contribution is 7.17. The maximum atomic E-state index is 13.1. The minimum absolute atomic E-state index is 0.0588. The summed E-state index contributed by atoms with van der Waals surface area (Å²) in [5.41, 5.74) is 2.77. The fourth-order valence-corrected chi connectivity index (χ4v) is 6.88. The summed E-state index contributed by atoms with van der Waals surface area (Å²) in [4.78, 5) is 27.8. The van der Waals surface area contributed by atoms with E-state index in [2.05, 4.69) is 5.32 Å². The molecular weight excluding hydrogens is 550 g/mol. The number of nitrogens with zero attached hydrogens (tertiary/aromatic N) is 2. The van der Waals surface area contributed by atoms with E-state index in [0.29, 0.717) is 18.1 Å². The Hall–Kier alpha value is -3.98. The largest absolute Gasteiger partial charge is 0.490 e. The van der Waals surface area contributed by atoms with Gasteiger partial charge in [0.1, 0.15) is 35.5 Å². The summed E-state index contributed by atoms with van der Waals surface area (Å²) in [6.07, 6.45) is 3.43. The van der Waals surface area contributed by atoms with E-state index in [4.69, 9.17) is 14.2 Å². The second kappa shape index (κ2) is 11.4. The van der Waals surface area contributed by atoms with E-state index in [0.717, 1.165) is 52.9 Å². The molecule has 3 atom stereocenters. The molecule has 2 aliphatic heterocycles. The minimum atomic E-state index is -0.497. The topological polar surface area (TPSA) is 82.0 Å². The third-order valence-corrected chi connectivity index (χ3v) is 8.83.